The van der Waals surface area contributed by atoms with Crippen LogP contribution < -0.4 is 14.4 Å². The fourth-order valence-corrected chi connectivity index (χ4v) is 3.71. The molecule has 0 spiro atoms. The highest BCUT2D eigenvalue weighted by molar-refractivity contribution is 5.94. The number of anilines is 1. The summed E-state index contributed by atoms with van der Waals surface area (Å²) in [5.74, 6) is 2.35. The molecule has 0 atom stereocenters. The second-order valence-corrected chi connectivity index (χ2v) is 7.60. The van der Waals surface area contributed by atoms with Crippen LogP contribution in [0.2, 0.25) is 0 Å². The van der Waals surface area contributed by atoms with Gasteiger partial charge in [-0.05, 0) is 50.2 Å². The molecular formula is C24H27N3O4. The maximum Gasteiger partial charge on any atom is 0.253 e. The first-order chi connectivity index (χ1) is 15.0. The predicted octanol–water partition coefficient (Wildman–Crippen LogP) is 3.84. The monoisotopic (exact) mass is 421 g/mol. The summed E-state index contributed by atoms with van der Waals surface area (Å²) in [5.41, 5.74) is 3.57. The summed E-state index contributed by atoms with van der Waals surface area (Å²) >= 11 is 0. The van der Waals surface area contributed by atoms with Crippen molar-refractivity contribution in [3.63, 3.8) is 0 Å². The van der Waals surface area contributed by atoms with Crippen LogP contribution in [-0.2, 0) is 6.61 Å². The summed E-state index contributed by atoms with van der Waals surface area (Å²) in [7, 11) is 1.67. The van der Waals surface area contributed by atoms with Crippen molar-refractivity contribution in [2.24, 2.45) is 0 Å². The van der Waals surface area contributed by atoms with Gasteiger partial charge in [-0.15, -0.1) is 0 Å². The Labute approximate surface area is 182 Å². The maximum absolute atomic E-state index is 12.9. The average Bonchev–Trinajstić information content (AvgIpc) is 3.14. The first kappa shape index (κ1) is 20.8. The summed E-state index contributed by atoms with van der Waals surface area (Å²) in [4.78, 5) is 17.1. The fraction of sp³-hybridized carbons (Fsp3) is 0.333. The van der Waals surface area contributed by atoms with Gasteiger partial charge in [0, 0.05) is 43.5 Å². The molecule has 1 fully saturated rings. The molecule has 1 aliphatic heterocycles. The second kappa shape index (κ2) is 9.12. The summed E-state index contributed by atoms with van der Waals surface area (Å²) in [6.07, 6.45) is 0. The SMILES string of the molecule is COc1cccc(N2CCN(C(=O)c3ccc(OCc4c(C)noc4C)cc3)CC2)c1. The van der Waals surface area contributed by atoms with Crippen LogP contribution in [0, 0.1) is 13.8 Å². The van der Waals surface area contributed by atoms with Gasteiger partial charge in [-0.3, -0.25) is 4.79 Å². The molecule has 1 aromatic heterocycles. The highest BCUT2D eigenvalue weighted by atomic mass is 16.5. The van der Waals surface area contributed by atoms with E-state index in [2.05, 4.69) is 16.1 Å². The van der Waals surface area contributed by atoms with Gasteiger partial charge in [0.2, 0.25) is 0 Å². The van der Waals surface area contributed by atoms with Crippen LogP contribution in [0.15, 0.2) is 53.1 Å². The van der Waals surface area contributed by atoms with E-state index >= 15 is 0 Å². The number of hydrogen-bond acceptors (Lipinski definition) is 6. The van der Waals surface area contributed by atoms with E-state index < -0.39 is 0 Å². The predicted molar refractivity (Wildman–Crippen MR) is 118 cm³/mol. The fourth-order valence-electron chi connectivity index (χ4n) is 3.71. The van der Waals surface area contributed by atoms with Gasteiger partial charge >= 0.3 is 0 Å². The third-order valence-corrected chi connectivity index (χ3v) is 5.65. The molecule has 0 bridgehead atoms. The minimum Gasteiger partial charge on any atom is -0.497 e. The van der Waals surface area contributed by atoms with Gasteiger partial charge in [0.05, 0.1) is 18.4 Å². The molecule has 2 heterocycles. The summed E-state index contributed by atoms with van der Waals surface area (Å²) < 4.78 is 16.3. The summed E-state index contributed by atoms with van der Waals surface area (Å²) in [5, 5.41) is 3.94. The van der Waals surface area contributed by atoms with Crippen LogP contribution in [0.1, 0.15) is 27.4 Å². The molecular weight excluding hydrogens is 394 g/mol. The number of carbonyl (C=O) groups is 1. The number of nitrogens with zero attached hydrogens (tertiary/aromatic N) is 3. The van der Waals surface area contributed by atoms with E-state index in [1.165, 1.54) is 0 Å². The highest BCUT2D eigenvalue weighted by Crippen LogP contribution is 2.23. The van der Waals surface area contributed by atoms with Crippen molar-refractivity contribution in [2.75, 3.05) is 38.2 Å². The Morgan fingerprint density at radius 3 is 2.42 bits per heavy atom. The van der Waals surface area contributed by atoms with Crippen LogP contribution >= 0.6 is 0 Å². The van der Waals surface area contributed by atoms with E-state index in [1.807, 2.05) is 61.2 Å². The minimum atomic E-state index is 0.0440. The van der Waals surface area contributed by atoms with Gasteiger partial charge in [0.1, 0.15) is 23.9 Å². The van der Waals surface area contributed by atoms with Crippen LogP contribution in [0.4, 0.5) is 5.69 Å². The highest BCUT2D eigenvalue weighted by Gasteiger charge is 2.22. The van der Waals surface area contributed by atoms with Crippen LogP contribution in [0.3, 0.4) is 0 Å². The molecule has 31 heavy (non-hydrogen) atoms. The van der Waals surface area contributed by atoms with Crippen molar-refractivity contribution in [2.45, 2.75) is 20.5 Å². The number of carbonyl (C=O) groups excluding carboxylic acids is 1. The molecule has 7 heteroatoms. The normalized spacial score (nSPS) is 13.9. The summed E-state index contributed by atoms with van der Waals surface area (Å²) in [6, 6.07) is 15.3. The van der Waals surface area contributed by atoms with Crippen molar-refractivity contribution in [3.05, 3.63) is 71.1 Å². The van der Waals surface area contributed by atoms with E-state index in [4.69, 9.17) is 14.0 Å². The van der Waals surface area contributed by atoms with Crippen molar-refractivity contribution >= 4 is 11.6 Å². The van der Waals surface area contributed by atoms with E-state index in [0.717, 1.165) is 41.5 Å². The lowest BCUT2D eigenvalue weighted by atomic mass is 10.1. The molecule has 2 aromatic carbocycles. The van der Waals surface area contributed by atoms with Gasteiger partial charge in [-0.25, -0.2) is 0 Å². The topological polar surface area (TPSA) is 68.0 Å². The molecule has 0 unspecified atom stereocenters. The Balaban J connectivity index is 1.32. The van der Waals surface area contributed by atoms with E-state index in [1.54, 1.807) is 7.11 Å². The molecule has 7 nitrogen and oxygen atoms in total. The van der Waals surface area contributed by atoms with Crippen LogP contribution in [-0.4, -0.2) is 49.3 Å². The number of piperazine rings is 1. The molecule has 0 saturated carbocycles. The van der Waals surface area contributed by atoms with Gasteiger partial charge in [0.25, 0.3) is 5.91 Å². The van der Waals surface area contributed by atoms with Crippen LogP contribution in [0.5, 0.6) is 11.5 Å². The zero-order chi connectivity index (χ0) is 21.8. The van der Waals surface area contributed by atoms with Gasteiger partial charge in [-0.1, -0.05) is 11.2 Å². The first-order valence-corrected chi connectivity index (χ1v) is 10.4. The lowest BCUT2D eigenvalue weighted by Crippen LogP contribution is -2.48. The van der Waals surface area contributed by atoms with Crippen molar-refractivity contribution in [3.8, 4) is 11.5 Å². The molecule has 1 aliphatic rings. The number of aromatic nitrogens is 1. The van der Waals surface area contributed by atoms with Crippen molar-refractivity contribution in [1.82, 2.24) is 10.1 Å². The maximum atomic E-state index is 12.9. The van der Waals surface area contributed by atoms with Crippen LogP contribution in [0.25, 0.3) is 0 Å². The van der Waals surface area contributed by atoms with E-state index in [0.29, 0.717) is 31.0 Å². The van der Waals surface area contributed by atoms with E-state index in [-0.39, 0.29) is 5.91 Å². The standard InChI is InChI=1S/C24H27N3O4/c1-17-23(18(2)31-25-17)16-30-21-9-7-19(8-10-21)24(28)27-13-11-26(12-14-27)20-5-4-6-22(15-20)29-3/h4-10,15H,11-14,16H2,1-3H3. The molecule has 1 amide bonds. The molecule has 4 rings (SSSR count). The van der Waals surface area contributed by atoms with Crippen molar-refractivity contribution < 1.29 is 18.8 Å². The van der Waals surface area contributed by atoms with Gasteiger partial charge in [0.15, 0.2) is 0 Å². The Bertz CT molecular complexity index is 1020. The zero-order valence-corrected chi connectivity index (χ0v) is 18.1. The first-order valence-electron chi connectivity index (χ1n) is 10.4. The second-order valence-electron chi connectivity index (χ2n) is 7.60. The van der Waals surface area contributed by atoms with Gasteiger partial charge in [-0.2, -0.15) is 0 Å². The molecule has 0 aliphatic carbocycles. The molecule has 0 radical (unpaired) electrons. The number of rotatable bonds is 6. The lowest BCUT2D eigenvalue weighted by Gasteiger charge is -2.36. The number of hydrogen-bond donors (Lipinski definition) is 0. The molecule has 3 aromatic rings. The quantitative estimate of drug-likeness (QED) is 0.602. The zero-order valence-electron chi connectivity index (χ0n) is 18.1. The number of methoxy groups -OCH3 is 1. The number of amides is 1. The number of benzene rings is 2. The van der Waals surface area contributed by atoms with Crippen molar-refractivity contribution in [1.29, 1.82) is 0 Å². The molecule has 1 saturated heterocycles. The number of aryl methyl sites for hydroxylation is 2. The largest absolute Gasteiger partial charge is 0.497 e. The summed E-state index contributed by atoms with van der Waals surface area (Å²) in [6.45, 7) is 7.09. The third kappa shape index (κ3) is 4.66. The van der Waals surface area contributed by atoms with Gasteiger partial charge < -0.3 is 23.8 Å². The Kier molecular flexibility index (Phi) is 6.11. The molecule has 0 N–H and O–H groups in total. The Hall–Kier alpha value is -3.48. The lowest BCUT2D eigenvalue weighted by molar-refractivity contribution is 0.0746. The van der Waals surface area contributed by atoms with E-state index in [9.17, 15) is 4.79 Å². The third-order valence-electron chi connectivity index (χ3n) is 5.65. The number of ether oxygens (including phenoxy) is 2. The minimum absolute atomic E-state index is 0.0440. The Morgan fingerprint density at radius 2 is 1.77 bits per heavy atom. The average molecular weight is 421 g/mol. The smallest absolute Gasteiger partial charge is 0.253 e. The Morgan fingerprint density at radius 1 is 1.03 bits per heavy atom. The molecule has 162 valence electrons.